The van der Waals surface area contributed by atoms with E-state index in [9.17, 15) is 0 Å². The van der Waals surface area contributed by atoms with Crippen LogP contribution in [0.4, 0.5) is 0 Å². The fourth-order valence-electron chi connectivity index (χ4n) is 1.71. The van der Waals surface area contributed by atoms with E-state index in [0.717, 1.165) is 11.6 Å². The second kappa shape index (κ2) is 6.59. The molecule has 90 valence electrons. The van der Waals surface area contributed by atoms with Gasteiger partial charge in [-0.1, -0.05) is 13.8 Å². The maximum absolute atomic E-state index is 4.30. The maximum atomic E-state index is 4.30. The minimum atomic E-state index is 0.274. The van der Waals surface area contributed by atoms with Crippen molar-refractivity contribution < 1.29 is 0 Å². The average Bonchev–Trinajstić information content (AvgIpc) is 2.27. The van der Waals surface area contributed by atoms with Crippen molar-refractivity contribution in [1.82, 2.24) is 15.3 Å². The molecule has 0 aliphatic carbocycles. The molecule has 0 aliphatic rings. The highest BCUT2D eigenvalue weighted by atomic mass is 15.0. The summed E-state index contributed by atoms with van der Waals surface area (Å²) in [6.07, 6.45) is 7.75. The monoisotopic (exact) mass is 221 g/mol. The maximum Gasteiger partial charge on any atom is 0.0753 e. The van der Waals surface area contributed by atoms with Gasteiger partial charge in [0.05, 0.1) is 5.69 Å². The van der Waals surface area contributed by atoms with Gasteiger partial charge in [0, 0.05) is 30.7 Å². The molecule has 0 spiro atoms. The van der Waals surface area contributed by atoms with E-state index in [-0.39, 0.29) is 6.04 Å². The molecule has 2 atom stereocenters. The molecule has 16 heavy (non-hydrogen) atoms. The van der Waals surface area contributed by atoms with Crippen LogP contribution in [-0.4, -0.2) is 16.0 Å². The quantitative estimate of drug-likeness (QED) is 0.802. The van der Waals surface area contributed by atoms with Crippen LogP contribution >= 0.6 is 0 Å². The van der Waals surface area contributed by atoms with E-state index < -0.39 is 0 Å². The topological polar surface area (TPSA) is 37.8 Å². The van der Waals surface area contributed by atoms with Crippen molar-refractivity contribution in [3.63, 3.8) is 0 Å². The lowest BCUT2D eigenvalue weighted by Gasteiger charge is -2.20. The molecule has 0 fully saturated rings. The molecule has 1 N–H and O–H groups in total. The van der Waals surface area contributed by atoms with Crippen molar-refractivity contribution in [2.75, 3.05) is 0 Å². The van der Waals surface area contributed by atoms with Gasteiger partial charge in [-0.2, -0.15) is 0 Å². The smallest absolute Gasteiger partial charge is 0.0753 e. The summed E-state index contributed by atoms with van der Waals surface area (Å²) in [4.78, 5) is 8.39. The van der Waals surface area contributed by atoms with Gasteiger partial charge in [-0.15, -0.1) is 0 Å². The molecule has 0 aliphatic heterocycles. The lowest BCUT2D eigenvalue weighted by atomic mass is 10.0. The largest absolute Gasteiger partial charge is 0.306 e. The number of nitrogens with one attached hydrogen (secondary N) is 1. The Morgan fingerprint density at radius 3 is 2.44 bits per heavy atom. The van der Waals surface area contributed by atoms with Crippen LogP contribution < -0.4 is 5.32 Å². The summed E-state index contributed by atoms with van der Waals surface area (Å²) in [5.74, 6) is 0.774. The summed E-state index contributed by atoms with van der Waals surface area (Å²) in [5, 5.41) is 3.55. The Labute approximate surface area is 98.7 Å². The number of hydrogen-bond acceptors (Lipinski definition) is 3. The number of nitrogens with zero attached hydrogens (tertiary/aromatic N) is 2. The Bertz CT molecular complexity index is 284. The molecule has 3 heteroatoms. The zero-order chi connectivity index (χ0) is 12.0. The summed E-state index contributed by atoms with van der Waals surface area (Å²) < 4.78 is 0. The first kappa shape index (κ1) is 13.1. The van der Waals surface area contributed by atoms with Crippen molar-refractivity contribution in [1.29, 1.82) is 0 Å². The molecule has 1 heterocycles. The van der Waals surface area contributed by atoms with Gasteiger partial charge in [0.1, 0.15) is 0 Å². The minimum absolute atomic E-state index is 0.274. The summed E-state index contributed by atoms with van der Waals surface area (Å²) in [6, 6.07) is 0.801. The SMILES string of the molecule is CC(C)CCC(C)NC(C)c1cnccn1. The Morgan fingerprint density at radius 1 is 1.12 bits per heavy atom. The van der Waals surface area contributed by atoms with Crippen molar-refractivity contribution >= 4 is 0 Å². The van der Waals surface area contributed by atoms with Crippen LogP contribution in [0.2, 0.25) is 0 Å². The molecule has 0 radical (unpaired) electrons. The summed E-state index contributed by atoms with van der Waals surface area (Å²) in [6.45, 7) is 8.89. The van der Waals surface area contributed by atoms with Crippen LogP contribution in [0.3, 0.4) is 0 Å². The standard InChI is InChI=1S/C13H23N3/c1-10(2)5-6-11(3)16-12(4)13-9-14-7-8-15-13/h7-12,16H,5-6H2,1-4H3. The van der Waals surface area contributed by atoms with Crippen molar-refractivity contribution in [3.05, 3.63) is 24.3 Å². The van der Waals surface area contributed by atoms with Gasteiger partial charge in [0.25, 0.3) is 0 Å². The molecule has 0 amide bonds. The molecular weight excluding hydrogens is 198 g/mol. The molecule has 1 aromatic heterocycles. The Hall–Kier alpha value is -0.960. The molecule has 1 rings (SSSR count). The van der Waals surface area contributed by atoms with E-state index in [4.69, 9.17) is 0 Å². The number of aromatic nitrogens is 2. The van der Waals surface area contributed by atoms with Gasteiger partial charge in [0.15, 0.2) is 0 Å². The molecule has 0 saturated carbocycles. The molecule has 0 saturated heterocycles. The third kappa shape index (κ3) is 4.71. The highest BCUT2D eigenvalue weighted by Gasteiger charge is 2.10. The van der Waals surface area contributed by atoms with Crippen LogP contribution in [0.5, 0.6) is 0 Å². The third-order valence-corrected chi connectivity index (χ3v) is 2.74. The van der Waals surface area contributed by atoms with Gasteiger partial charge in [-0.05, 0) is 32.6 Å². The van der Waals surface area contributed by atoms with Gasteiger partial charge in [0.2, 0.25) is 0 Å². The van der Waals surface area contributed by atoms with E-state index in [1.54, 1.807) is 12.4 Å². The minimum Gasteiger partial charge on any atom is -0.306 e. The van der Waals surface area contributed by atoms with Crippen LogP contribution in [0.15, 0.2) is 18.6 Å². The molecular formula is C13H23N3. The summed E-state index contributed by atoms with van der Waals surface area (Å²) in [5.41, 5.74) is 1.01. The fraction of sp³-hybridized carbons (Fsp3) is 0.692. The van der Waals surface area contributed by atoms with Crippen molar-refractivity contribution in [3.8, 4) is 0 Å². The van der Waals surface area contributed by atoms with Gasteiger partial charge < -0.3 is 5.32 Å². The molecule has 1 aromatic rings. The summed E-state index contributed by atoms with van der Waals surface area (Å²) in [7, 11) is 0. The first-order valence-electron chi connectivity index (χ1n) is 6.11. The first-order chi connectivity index (χ1) is 7.59. The van der Waals surface area contributed by atoms with E-state index in [1.165, 1.54) is 12.8 Å². The molecule has 0 aromatic carbocycles. The Balaban J connectivity index is 2.36. The van der Waals surface area contributed by atoms with E-state index in [0.29, 0.717) is 6.04 Å². The van der Waals surface area contributed by atoms with Crippen LogP contribution in [0.25, 0.3) is 0 Å². The van der Waals surface area contributed by atoms with Crippen molar-refractivity contribution in [2.24, 2.45) is 5.92 Å². The molecule has 2 unspecified atom stereocenters. The first-order valence-corrected chi connectivity index (χ1v) is 6.11. The summed E-state index contributed by atoms with van der Waals surface area (Å²) >= 11 is 0. The third-order valence-electron chi connectivity index (χ3n) is 2.74. The zero-order valence-electron chi connectivity index (χ0n) is 10.8. The lowest BCUT2D eigenvalue weighted by Crippen LogP contribution is -2.29. The zero-order valence-corrected chi connectivity index (χ0v) is 10.8. The Morgan fingerprint density at radius 2 is 1.88 bits per heavy atom. The fourth-order valence-corrected chi connectivity index (χ4v) is 1.71. The molecule has 0 bridgehead atoms. The highest BCUT2D eigenvalue weighted by Crippen LogP contribution is 2.12. The number of rotatable bonds is 6. The average molecular weight is 221 g/mol. The van der Waals surface area contributed by atoms with Crippen LogP contribution in [0, 0.1) is 5.92 Å². The normalized spacial score (nSPS) is 15.1. The molecule has 3 nitrogen and oxygen atoms in total. The Kier molecular flexibility index (Phi) is 5.39. The van der Waals surface area contributed by atoms with Gasteiger partial charge in [-0.3, -0.25) is 9.97 Å². The van der Waals surface area contributed by atoms with E-state index in [1.807, 2.05) is 6.20 Å². The predicted octanol–water partition coefficient (Wildman–Crippen LogP) is 2.95. The van der Waals surface area contributed by atoms with E-state index >= 15 is 0 Å². The predicted molar refractivity (Wildman–Crippen MR) is 67.1 cm³/mol. The van der Waals surface area contributed by atoms with E-state index in [2.05, 4.69) is 43.0 Å². The lowest BCUT2D eigenvalue weighted by molar-refractivity contribution is 0.413. The van der Waals surface area contributed by atoms with Crippen LogP contribution in [-0.2, 0) is 0 Å². The van der Waals surface area contributed by atoms with Crippen LogP contribution in [0.1, 0.15) is 52.3 Å². The second-order valence-corrected chi connectivity index (χ2v) is 4.89. The van der Waals surface area contributed by atoms with Crippen molar-refractivity contribution in [2.45, 2.75) is 52.6 Å². The second-order valence-electron chi connectivity index (χ2n) is 4.89. The number of hydrogen-bond donors (Lipinski definition) is 1. The van der Waals surface area contributed by atoms with Gasteiger partial charge in [-0.25, -0.2) is 0 Å². The van der Waals surface area contributed by atoms with Gasteiger partial charge >= 0.3 is 0 Å². The highest BCUT2D eigenvalue weighted by molar-refractivity contribution is 5.00.